The van der Waals surface area contributed by atoms with Crippen molar-refractivity contribution in [3.8, 4) is 11.4 Å². The molecule has 0 aliphatic heterocycles. The van der Waals surface area contributed by atoms with Gasteiger partial charge in [0.1, 0.15) is 11.6 Å². The summed E-state index contributed by atoms with van der Waals surface area (Å²) in [6, 6.07) is 17.3. The number of hydrogen-bond donors (Lipinski definition) is 1. The molecule has 0 unspecified atom stereocenters. The van der Waals surface area contributed by atoms with Gasteiger partial charge in [-0.05, 0) is 49.4 Å². The predicted molar refractivity (Wildman–Crippen MR) is 126 cm³/mol. The molecule has 0 saturated heterocycles. The predicted octanol–water partition coefficient (Wildman–Crippen LogP) is 5.37. The number of methoxy groups -OCH3 is 1. The van der Waals surface area contributed by atoms with Crippen LogP contribution in [0.5, 0.6) is 5.75 Å². The second-order valence-electron chi connectivity index (χ2n) is 6.78. The highest BCUT2D eigenvalue weighted by Gasteiger charge is 2.16. The molecule has 0 aliphatic carbocycles. The van der Waals surface area contributed by atoms with Crippen molar-refractivity contribution < 1.29 is 9.53 Å². The van der Waals surface area contributed by atoms with Crippen LogP contribution in [0.4, 0.5) is 5.69 Å². The Morgan fingerprint density at radius 3 is 2.68 bits per heavy atom. The Balaban J connectivity index is 1.74. The van der Waals surface area contributed by atoms with E-state index < -0.39 is 0 Å². The highest BCUT2D eigenvalue weighted by atomic mass is 79.9. The van der Waals surface area contributed by atoms with Crippen molar-refractivity contribution >= 4 is 50.0 Å². The lowest BCUT2D eigenvalue weighted by Crippen LogP contribution is -2.22. The Morgan fingerprint density at radius 2 is 1.90 bits per heavy atom. The van der Waals surface area contributed by atoms with Gasteiger partial charge < -0.3 is 10.1 Å². The molecule has 31 heavy (non-hydrogen) atoms. The van der Waals surface area contributed by atoms with E-state index in [9.17, 15) is 9.59 Å². The van der Waals surface area contributed by atoms with Crippen LogP contribution in [0.25, 0.3) is 16.6 Å². The second-order valence-corrected chi connectivity index (χ2v) is 8.10. The van der Waals surface area contributed by atoms with Crippen LogP contribution in [0.3, 0.4) is 0 Å². The Morgan fingerprint density at radius 1 is 1.13 bits per heavy atom. The third kappa shape index (κ3) is 4.06. The minimum Gasteiger partial charge on any atom is -0.494 e. The second kappa shape index (κ2) is 8.53. The van der Waals surface area contributed by atoms with Gasteiger partial charge in [-0.15, -0.1) is 0 Å². The van der Waals surface area contributed by atoms with Crippen LogP contribution in [-0.2, 0) is 0 Å². The molecule has 4 aromatic rings. The molecule has 0 fully saturated rings. The average molecular weight is 499 g/mol. The van der Waals surface area contributed by atoms with E-state index in [1.165, 1.54) is 11.7 Å². The number of amides is 1. The molecule has 8 heteroatoms. The molecule has 1 N–H and O–H groups in total. The maximum Gasteiger partial charge on any atom is 0.265 e. The van der Waals surface area contributed by atoms with E-state index in [1.54, 1.807) is 61.5 Å². The van der Waals surface area contributed by atoms with Crippen molar-refractivity contribution in [2.45, 2.75) is 6.92 Å². The standard InChI is InChI=1S/C23H17BrClN3O3/c1-13-26-19-6-4-3-5-16(19)23(30)28(13)15-8-10-20(21(12-15)31-2)27-22(29)17-11-14(24)7-9-18(17)25/h3-12H,1-2H3,(H,27,29). The van der Waals surface area contributed by atoms with Crippen LogP contribution in [0.15, 0.2) is 69.9 Å². The number of carbonyl (C=O) groups is 1. The highest BCUT2D eigenvalue weighted by Crippen LogP contribution is 2.29. The number of hydrogen-bond acceptors (Lipinski definition) is 4. The Labute approximate surface area is 191 Å². The topological polar surface area (TPSA) is 73.2 Å². The van der Waals surface area contributed by atoms with Gasteiger partial charge in [0.05, 0.1) is 40.0 Å². The van der Waals surface area contributed by atoms with E-state index in [0.29, 0.717) is 44.4 Å². The van der Waals surface area contributed by atoms with E-state index in [2.05, 4.69) is 26.2 Å². The lowest BCUT2D eigenvalue weighted by atomic mass is 10.2. The number of halogens is 2. The molecule has 0 atom stereocenters. The zero-order valence-electron chi connectivity index (χ0n) is 16.6. The van der Waals surface area contributed by atoms with Crippen LogP contribution >= 0.6 is 27.5 Å². The summed E-state index contributed by atoms with van der Waals surface area (Å²) < 4.78 is 7.73. The quantitative estimate of drug-likeness (QED) is 0.410. The summed E-state index contributed by atoms with van der Waals surface area (Å²) in [6.07, 6.45) is 0. The largest absolute Gasteiger partial charge is 0.494 e. The summed E-state index contributed by atoms with van der Waals surface area (Å²) in [5.41, 5.74) is 1.82. The maximum atomic E-state index is 13.1. The molecular weight excluding hydrogens is 482 g/mol. The summed E-state index contributed by atoms with van der Waals surface area (Å²) >= 11 is 9.50. The Bertz CT molecular complexity index is 1380. The van der Waals surface area contributed by atoms with Gasteiger partial charge >= 0.3 is 0 Å². The maximum absolute atomic E-state index is 13.1. The molecular formula is C23H17BrClN3O3. The lowest BCUT2D eigenvalue weighted by Gasteiger charge is -2.15. The molecule has 0 radical (unpaired) electrons. The number of nitrogens with one attached hydrogen (secondary N) is 1. The van der Waals surface area contributed by atoms with Gasteiger partial charge in [0.25, 0.3) is 11.5 Å². The van der Waals surface area contributed by atoms with Crippen molar-refractivity contribution in [1.29, 1.82) is 0 Å². The molecule has 0 bridgehead atoms. The van der Waals surface area contributed by atoms with Gasteiger partial charge in [-0.1, -0.05) is 39.7 Å². The zero-order valence-corrected chi connectivity index (χ0v) is 19.0. The molecule has 1 amide bonds. The fourth-order valence-electron chi connectivity index (χ4n) is 3.33. The minimum atomic E-state index is -0.377. The Kier molecular flexibility index (Phi) is 5.80. The molecule has 6 nitrogen and oxygen atoms in total. The van der Waals surface area contributed by atoms with E-state index in [4.69, 9.17) is 16.3 Å². The van der Waals surface area contributed by atoms with E-state index >= 15 is 0 Å². The van der Waals surface area contributed by atoms with Crippen LogP contribution < -0.4 is 15.6 Å². The number of aryl methyl sites for hydroxylation is 1. The molecule has 1 aromatic heterocycles. The third-order valence-electron chi connectivity index (χ3n) is 4.81. The van der Waals surface area contributed by atoms with E-state index in [-0.39, 0.29) is 11.5 Å². The summed E-state index contributed by atoms with van der Waals surface area (Å²) in [5, 5.41) is 3.67. The normalized spacial score (nSPS) is 10.8. The monoisotopic (exact) mass is 497 g/mol. The summed E-state index contributed by atoms with van der Waals surface area (Å²) in [7, 11) is 1.50. The molecule has 156 valence electrons. The molecule has 0 spiro atoms. The number of carbonyl (C=O) groups excluding carboxylic acids is 1. The van der Waals surface area contributed by atoms with Crippen LogP contribution in [0, 0.1) is 6.92 Å². The summed E-state index contributed by atoms with van der Waals surface area (Å²) in [5.74, 6) is 0.568. The molecule has 0 saturated carbocycles. The van der Waals surface area contributed by atoms with Crippen LogP contribution in [-0.4, -0.2) is 22.6 Å². The van der Waals surface area contributed by atoms with Gasteiger partial charge in [-0.2, -0.15) is 0 Å². The Hall–Kier alpha value is -3.16. The fourth-order valence-corrected chi connectivity index (χ4v) is 3.90. The first-order valence-electron chi connectivity index (χ1n) is 9.32. The first kappa shape index (κ1) is 21.1. The lowest BCUT2D eigenvalue weighted by molar-refractivity contribution is 0.102. The molecule has 3 aromatic carbocycles. The van der Waals surface area contributed by atoms with Crippen LogP contribution in [0.1, 0.15) is 16.2 Å². The third-order valence-corrected chi connectivity index (χ3v) is 5.63. The van der Waals surface area contributed by atoms with Crippen molar-refractivity contribution in [3.63, 3.8) is 0 Å². The number of benzene rings is 3. The van der Waals surface area contributed by atoms with Gasteiger partial charge in [0.2, 0.25) is 0 Å². The van der Waals surface area contributed by atoms with E-state index in [0.717, 1.165) is 4.47 Å². The van der Waals surface area contributed by atoms with Crippen molar-refractivity contribution in [2.24, 2.45) is 0 Å². The first-order chi connectivity index (χ1) is 14.9. The summed E-state index contributed by atoms with van der Waals surface area (Å²) in [6.45, 7) is 1.77. The minimum absolute atomic E-state index is 0.178. The fraction of sp³-hybridized carbons (Fsp3) is 0.0870. The number of para-hydroxylation sites is 1. The number of fused-ring (bicyclic) bond motifs is 1. The van der Waals surface area contributed by atoms with Crippen molar-refractivity contribution in [2.75, 3.05) is 12.4 Å². The SMILES string of the molecule is COc1cc(-n2c(C)nc3ccccc3c2=O)ccc1NC(=O)c1cc(Br)ccc1Cl. The van der Waals surface area contributed by atoms with Gasteiger partial charge in [-0.3, -0.25) is 14.2 Å². The molecule has 1 heterocycles. The first-order valence-corrected chi connectivity index (χ1v) is 10.5. The van der Waals surface area contributed by atoms with Crippen LogP contribution in [0.2, 0.25) is 5.02 Å². The molecule has 4 rings (SSSR count). The van der Waals surface area contributed by atoms with Gasteiger partial charge in [0, 0.05) is 10.5 Å². The number of aromatic nitrogens is 2. The van der Waals surface area contributed by atoms with Crippen molar-refractivity contribution in [3.05, 3.63) is 91.9 Å². The van der Waals surface area contributed by atoms with Gasteiger partial charge in [-0.25, -0.2) is 4.98 Å². The smallest absolute Gasteiger partial charge is 0.265 e. The number of anilines is 1. The van der Waals surface area contributed by atoms with E-state index in [1.807, 2.05) is 6.07 Å². The van der Waals surface area contributed by atoms with Crippen molar-refractivity contribution in [1.82, 2.24) is 9.55 Å². The zero-order chi connectivity index (χ0) is 22.1. The number of nitrogens with zero attached hydrogens (tertiary/aromatic N) is 2. The summed E-state index contributed by atoms with van der Waals surface area (Å²) in [4.78, 5) is 30.3. The molecule has 0 aliphatic rings. The average Bonchev–Trinajstić information content (AvgIpc) is 2.76. The number of rotatable bonds is 4. The highest BCUT2D eigenvalue weighted by molar-refractivity contribution is 9.10. The number of ether oxygens (including phenoxy) is 1. The van der Waals surface area contributed by atoms with Gasteiger partial charge in [0.15, 0.2) is 0 Å².